The number of ether oxygens (including phenoxy) is 2. The Kier molecular flexibility index (Phi) is 7.35. The lowest BCUT2D eigenvalue weighted by Crippen LogP contribution is -2.37. The second kappa shape index (κ2) is 9.74. The Morgan fingerprint density at radius 1 is 1.25 bits per heavy atom. The van der Waals surface area contributed by atoms with Crippen molar-refractivity contribution in [2.75, 3.05) is 20.3 Å². The van der Waals surface area contributed by atoms with Crippen molar-refractivity contribution < 1.29 is 19.1 Å². The molecule has 1 aliphatic heterocycles. The zero-order valence-electron chi connectivity index (χ0n) is 15.5. The highest BCUT2D eigenvalue weighted by molar-refractivity contribution is 7.13. The molecule has 0 bridgehead atoms. The van der Waals surface area contributed by atoms with E-state index >= 15 is 0 Å². The van der Waals surface area contributed by atoms with E-state index in [0.29, 0.717) is 47.5 Å². The zero-order chi connectivity index (χ0) is 20.1. The van der Waals surface area contributed by atoms with Crippen molar-refractivity contribution in [3.8, 4) is 0 Å². The summed E-state index contributed by atoms with van der Waals surface area (Å²) >= 11 is 13.4. The first-order valence-corrected chi connectivity index (χ1v) is 10.5. The topological polar surface area (TPSA) is 55.8 Å². The van der Waals surface area contributed by atoms with Crippen molar-refractivity contribution in [3.05, 3.63) is 55.7 Å². The molecule has 28 heavy (non-hydrogen) atoms. The van der Waals surface area contributed by atoms with Gasteiger partial charge in [0.05, 0.1) is 26.4 Å². The summed E-state index contributed by atoms with van der Waals surface area (Å²) < 4.78 is 10.5. The monoisotopic (exact) mass is 441 g/mol. The molecule has 3 rings (SSSR count). The molecule has 1 unspecified atom stereocenters. The van der Waals surface area contributed by atoms with Crippen LogP contribution in [-0.4, -0.2) is 43.1 Å². The maximum absolute atomic E-state index is 12.3. The number of likely N-dealkylation sites (tertiary alicyclic amines) is 1. The number of hydrogen-bond acceptors (Lipinski definition) is 5. The molecule has 0 saturated carbocycles. The summed E-state index contributed by atoms with van der Waals surface area (Å²) in [6, 6.07) is 9.08. The molecular formula is C20H21Cl2NO4S. The minimum atomic E-state index is -0.343. The number of carbonyl (C=O) groups is 2. The normalized spacial score (nSPS) is 16.6. The van der Waals surface area contributed by atoms with Crippen molar-refractivity contribution in [2.45, 2.75) is 31.9 Å². The minimum Gasteiger partial charge on any atom is -0.465 e. The van der Waals surface area contributed by atoms with E-state index in [9.17, 15) is 9.59 Å². The van der Waals surface area contributed by atoms with Gasteiger partial charge in [0.15, 0.2) is 0 Å². The summed E-state index contributed by atoms with van der Waals surface area (Å²) in [6.45, 7) is 1.48. The van der Waals surface area contributed by atoms with Crippen LogP contribution in [0.25, 0.3) is 0 Å². The largest absolute Gasteiger partial charge is 0.465 e. The first-order chi connectivity index (χ1) is 13.5. The van der Waals surface area contributed by atoms with E-state index in [4.69, 9.17) is 32.7 Å². The van der Waals surface area contributed by atoms with E-state index in [1.165, 1.54) is 18.4 Å². The third-order valence-corrected chi connectivity index (χ3v) is 6.09. The molecule has 1 fully saturated rings. The maximum atomic E-state index is 12.3. The quantitative estimate of drug-likeness (QED) is 0.561. The Morgan fingerprint density at radius 2 is 2.00 bits per heavy atom. The van der Waals surface area contributed by atoms with Crippen LogP contribution in [0.4, 0.5) is 0 Å². The van der Waals surface area contributed by atoms with Crippen LogP contribution in [-0.2, 0) is 27.3 Å². The molecule has 150 valence electrons. The van der Waals surface area contributed by atoms with Crippen LogP contribution in [0.2, 0.25) is 10.0 Å². The number of hydrogen-bond donors (Lipinski definition) is 0. The van der Waals surface area contributed by atoms with Gasteiger partial charge in [-0.1, -0.05) is 23.2 Å². The number of amides is 1. The van der Waals surface area contributed by atoms with E-state index < -0.39 is 0 Å². The lowest BCUT2D eigenvalue weighted by atomic mass is 10.1. The van der Waals surface area contributed by atoms with Gasteiger partial charge in [-0.3, -0.25) is 4.79 Å². The van der Waals surface area contributed by atoms with Crippen LogP contribution in [0, 0.1) is 0 Å². The first kappa shape index (κ1) is 21.1. The van der Waals surface area contributed by atoms with E-state index in [2.05, 4.69) is 0 Å². The number of methoxy groups -OCH3 is 1. The molecular weight excluding hydrogens is 421 g/mol. The molecule has 2 heterocycles. The average Bonchev–Trinajstić information content (AvgIpc) is 3.26. The molecule has 1 aliphatic rings. The fourth-order valence-electron chi connectivity index (χ4n) is 3.24. The summed E-state index contributed by atoms with van der Waals surface area (Å²) in [7, 11) is 1.36. The molecule has 1 aromatic carbocycles. The van der Waals surface area contributed by atoms with Gasteiger partial charge in [-0.2, -0.15) is 0 Å². The van der Waals surface area contributed by atoms with Crippen molar-refractivity contribution in [3.63, 3.8) is 0 Å². The fourth-order valence-corrected chi connectivity index (χ4v) is 4.67. The van der Waals surface area contributed by atoms with Gasteiger partial charge in [0.25, 0.3) is 0 Å². The molecule has 1 amide bonds. The highest BCUT2D eigenvalue weighted by atomic mass is 35.5. The molecule has 5 nitrogen and oxygen atoms in total. The van der Waals surface area contributed by atoms with Gasteiger partial charge >= 0.3 is 5.97 Å². The Labute approximate surface area is 178 Å². The highest BCUT2D eigenvalue weighted by Gasteiger charge is 2.30. The standard InChI is InChI=1S/C20H21Cl2NO4S/c1-26-20(25)18-4-3-17(28-18)12-27-11-16-2-5-19(24)23(16)7-6-13-8-14(21)10-15(22)9-13/h3-4,8-10,16H,2,5-7,11-12H2,1H3. The Morgan fingerprint density at radius 3 is 2.71 bits per heavy atom. The van der Waals surface area contributed by atoms with Crippen molar-refractivity contribution in [1.29, 1.82) is 0 Å². The van der Waals surface area contributed by atoms with Crippen molar-refractivity contribution in [1.82, 2.24) is 4.90 Å². The van der Waals surface area contributed by atoms with E-state index in [-0.39, 0.29) is 17.9 Å². The SMILES string of the molecule is COC(=O)c1ccc(COCC2CCC(=O)N2CCc2cc(Cl)cc(Cl)c2)s1. The number of carbonyl (C=O) groups excluding carboxylic acids is 2. The molecule has 2 aromatic rings. The zero-order valence-corrected chi connectivity index (χ0v) is 17.8. The smallest absolute Gasteiger partial charge is 0.348 e. The average molecular weight is 442 g/mol. The second-order valence-electron chi connectivity index (χ2n) is 6.58. The Bertz CT molecular complexity index is 834. The van der Waals surface area contributed by atoms with Gasteiger partial charge in [0.2, 0.25) is 5.91 Å². The molecule has 1 saturated heterocycles. The van der Waals surface area contributed by atoms with Gasteiger partial charge in [-0.05, 0) is 48.7 Å². The van der Waals surface area contributed by atoms with Crippen LogP contribution in [0.3, 0.4) is 0 Å². The van der Waals surface area contributed by atoms with Crippen molar-refractivity contribution in [2.24, 2.45) is 0 Å². The molecule has 0 radical (unpaired) electrons. The first-order valence-electron chi connectivity index (χ1n) is 8.95. The van der Waals surface area contributed by atoms with Crippen LogP contribution in [0.15, 0.2) is 30.3 Å². The Hall–Kier alpha value is -1.60. The van der Waals surface area contributed by atoms with Gasteiger partial charge < -0.3 is 14.4 Å². The molecule has 1 aromatic heterocycles. The number of nitrogens with zero attached hydrogens (tertiary/aromatic N) is 1. The van der Waals surface area contributed by atoms with Crippen LogP contribution in [0.5, 0.6) is 0 Å². The highest BCUT2D eigenvalue weighted by Crippen LogP contribution is 2.24. The molecule has 0 spiro atoms. The summed E-state index contributed by atoms with van der Waals surface area (Å²) in [5.41, 5.74) is 1.01. The number of benzene rings is 1. The number of halogens is 2. The number of rotatable bonds is 8. The van der Waals surface area contributed by atoms with Crippen LogP contribution < -0.4 is 0 Å². The van der Waals surface area contributed by atoms with E-state index in [0.717, 1.165) is 16.9 Å². The Balaban J connectivity index is 1.51. The molecule has 0 N–H and O–H groups in total. The molecule has 1 atom stereocenters. The van der Waals surface area contributed by atoms with E-state index in [1.807, 2.05) is 23.1 Å². The van der Waals surface area contributed by atoms with E-state index in [1.54, 1.807) is 12.1 Å². The summed E-state index contributed by atoms with van der Waals surface area (Å²) in [6.07, 6.45) is 2.01. The molecule has 0 aliphatic carbocycles. The second-order valence-corrected chi connectivity index (χ2v) is 8.62. The maximum Gasteiger partial charge on any atom is 0.348 e. The predicted octanol–water partition coefficient (Wildman–Crippen LogP) is 4.59. The van der Waals surface area contributed by atoms with Crippen LogP contribution in [0.1, 0.15) is 33.0 Å². The predicted molar refractivity (Wildman–Crippen MR) is 110 cm³/mol. The van der Waals surface area contributed by atoms with Gasteiger partial charge in [-0.15, -0.1) is 11.3 Å². The van der Waals surface area contributed by atoms with Crippen LogP contribution >= 0.6 is 34.5 Å². The van der Waals surface area contributed by atoms with Gasteiger partial charge in [-0.25, -0.2) is 4.79 Å². The molecule has 8 heteroatoms. The summed E-state index contributed by atoms with van der Waals surface area (Å²) in [5, 5.41) is 1.19. The number of thiophene rings is 1. The van der Waals surface area contributed by atoms with Gasteiger partial charge in [0, 0.05) is 27.9 Å². The lowest BCUT2D eigenvalue weighted by molar-refractivity contribution is -0.129. The van der Waals surface area contributed by atoms with Crippen molar-refractivity contribution >= 4 is 46.4 Å². The fraction of sp³-hybridized carbons (Fsp3) is 0.400. The lowest BCUT2D eigenvalue weighted by Gasteiger charge is -2.24. The third kappa shape index (κ3) is 5.47. The number of esters is 1. The van der Waals surface area contributed by atoms with Gasteiger partial charge in [0.1, 0.15) is 4.88 Å². The summed E-state index contributed by atoms with van der Waals surface area (Å²) in [4.78, 5) is 27.1. The summed E-state index contributed by atoms with van der Waals surface area (Å²) in [5.74, 6) is -0.198. The minimum absolute atomic E-state index is 0.0576. The third-order valence-electron chi connectivity index (χ3n) is 4.62.